The number of amidine groups is 1. The topological polar surface area (TPSA) is 37.7 Å². The summed E-state index contributed by atoms with van der Waals surface area (Å²) >= 11 is 5.45. The Morgan fingerprint density at radius 1 is 1.29 bits per heavy atom. The van der Waals surface area contributed by atoms with Gasteiger partial charge in [-0.25, -0.2) is 0 Å². The van der Waals surface area contributed by atoms with Crippen molar-refractivity contribution < 1.29 is 4.74 Å². The van der Waals surface area contributed by atoms with Gasteiger partial charge in [-0.2, -0.15) is 0 Å². The number of aliphatic imine (C=N–C) groups is 1. The molecule has 0 spiro atoms. The molecule has 0 unspecified atom stereocenters. The lowest BCUT2D eigenvalue weighted by Crippen LogP contribution is -2.28. The Hall–Kier alpha value is -1.53. The standard InChI is InChI=1S/C18H18BrN3OS/c1-11-10-22-17(13-9-12(19)6-7-15(13)23-2)16(21-18(22)24-11)14-5-3-4-8-20-14/h3-9,11,16-17H,10H2,1-2H3/t11-,16-,17+/m0/s1. The van der Waals surface area contributed by atoms with E-state index in [9.17, 15) is 0 Å². The highest BCUT2D eigenvalue weighted by atomic mass is 79.9. The molecule has 1 aromatic carbocycles. The van der Waals surface area contributed by atoms with Crippen LogP contribution in [0.1, 0.15) is 30.3 Å². The fourth-order valence-corrected chi connectivity index (χ4v) is 4.86. The van der Waals surface area contributed by atoms with Gasteiger partial charge < -0.3 is 9.64 Å². The van der Waals surface area contributed by atoms with Crippen molar-refractivity contribution in [2.75, 3.05) is 13.7 Å². The number of ether oxygens (including phenoxy) is 1. The van der Waals surface area contributed by atoms with E-state index >= 15 is 0 Å². The van der Waals surface area contributed by atoms with Gasteiger partial charge in [0.25, 0.3) is 0 Å². The second kappa shape index (κ2) is 6.41. The first-order valence-corrected chi connectivity index (χ1v) is 9.60. The molecular formula is C18H18BrN3OS. The summed E-state index contributed by atoms with van der Waals surface area (Å²) in [4.78, 5) is 12.0. The number of thioether (sulfide) groups is 1. The van der Waals surface area contributed by atoms with Crippen LogP contribution in [0.15, 0.2) is 52.1 Å². The molecule has 1 fully saturated rings. The summed E-state index contributed by atoms with van der Waals surface area (Å²) in [6, 6.07) is 12.3. The van der Waals surface area contributed by atoms with Crippen molar-refractivity contribution in [2.45, 2.75) is 24.3 Å². The van der Waals surface area contributed by atoms with Gasteiger partial charge in [-0.05, 0) is 30.3 Å². The van der Waals surface area contributed by atoms with Crippen LogP contribution in [0.25, 0.3) is 0 Å². The average Bonchev–Trinajstić information content (AvgIpc) is 3.11. The molecule has 0 aliphatic carbocycles. The second-order valence-electron chi connectivity index (χ2n) is 6.02. The van der Waals surface area contributed by atoms with E-state index in [4.69, 9.17) is 9.73 Å². The Morgan fingerprint density at radius 2 is 2.17 bits per heavy atom. The van der Waals surface area contributed by atoms with Gasteiger partial charge in [-0.3, -0.25) is 9.98 Å². The molecule has 0 saturated carbocycles. The number of benzene rings is 1. The molecule has 124 valence electrons. The Balaban J connectivity index is 1.83. The van der Waals surface area contributed by atoms with E-state index in [2.05, 4.69) is 44.9 Å². The maximum atomic E-state index is 5.65. The molecule has 4 rings (SSSR count). The molecule has 2 aromatic rings. The molecule has 0 radical (unpaired) electrons. The van der Waals surface area contributed by atoms with E-state index in [1.807, 2.05) is 42.2 Å². The number of fused-ring (bicyclic) bond motifs is 1. The maximum Gasteiger partial charge on any atom is 0.160 e. The van der Waals surface area contributed by atoms with Gasteiger partial charge in [0.2, 0.25) is 0 Å². The summed E-state index contributed by atoms with van der Waals surface area (Å²) in [5, 5.41) is 1.67. The van der Waals surface area contributed by atoms with Crippen LogP contribution in [0.2, 0.25) is 0 Å². The Bertz CT molecular complexity index is 783. The molecule has 3 heterocycles. The van der Waals surface area contributed by atoms with Crippen LogP contribution in [0.3, 0.4) is 0 Å². The van der Waals surface area contributed by atoms with Gasteiger partial charge >= 0.3 is 0 Å². The van der Waals surface area contributed by atoms with Crippen molar-refractivity contribution in [3.8, 4) is 5.75 Å². The molecule has 0 bridgehead atoms. The SMILES string of the molecule is COc1ccc(Br)cc1[C@@H]1[C@H](c2ccccn2)N=C2S[C@@H](C)CN21. The normalized spacial score (nSPS) is 25.5. The first kappa shape index (κ1) is 16.0. The zero-order valence-electron chi connectivity index (χ0n) is 13.5. The molecule has 2 aliphatic rings. The van der Waals surface area contributed by atoms with Gasteiger partial charge in [-0.15, -0.1) is 0 Å². The molecule has 6 heteroatoms. The Morgan fingerprint density at radius 3 is 2.92 bits per heavy atom. The summed E-state index contributed by atoms with van der Waals surface area (Å²) < 4.78 is 6.69. The van der Waals surface area contributed by atoms with Crippen LogP contribution in [-0.4, -0.2) is 34.0 Å². The predicted molar refractivity (Wildman–Crippen MR) is 102 cm³/mol. The fourth-order valence-electron chi connectivity index (χ4n) is 3.39. The third-order valence-electron chi connectivity index (χ3n) is 4.39. The van der Waals surface area contributed by atoms with Crippen molar-refractivity contribution in [1.29, 1.82) is 0 Å². The van der Waals surface area contributed by atoms with Gasteiger partial charge in [0.05, 0.1) is 18.8 Å². The van der Waals surface area contributed by atoms with Crippen LogP contribution >= 0.6 is 27.7 Å². The van der Waals surface area contributed by atoms with Crippen LogP contribution in [0.5, 0.6) is 5.75 Å². The maximum absolute atomic E-state index is 5.65. The highest BCUT2D eigenvalue weighted by Gasteiger charge is 2.44. The number of rotatable bonds is 3. The number of hydrogen-bond donors (Lipinski definition) is 0. The Labute approximate surface area is 154 Å². The van der Waals surface area contributed by atoms with Gasteiger partial charge in [0.15, 0.2) is 5.17 Å². The third kappa shape index (κ3) is 2.71. The average molecular weight is 404 g/mol. The minimum Gasteiger partial charge on any atom is -0.496 e. The first-order valence-electron chi connectivity index (χ1n) is 7.93. The van der Waals surface area contributed by atoms with E-state index < -0.39 is 0 Å². The van der Waals surface area contributed by atoms with E-state index in [-0.39, 0.29) is 12.1 Å². The number of aromatic nitrogens is 1. The van der Waals surface area contributed by atoms with Crippen molar-refractivity contribution in [1.82, 2.24) is 9.88 Å². The molecule has 1 saturated heterocycles. The summed E-state index contributed by atoms with van der Waals surface area (Å²) in [6.45, 7) is 3.24. The van der Waals surface area contributed by atoms with Crippen LogP contribution in [0.4, 0.5) is 0 Å². The lowest BCUT2D eigenvalue weighted by molar-refractivity contribution is 0.307. The lowest BCUT2D eigenvalue weighted by Gasteiger charge is -2.28. The van der Waals surface area contributed by atoms with Gasteiger partial charge in [0, 0.05) is 28.0 Å². The van der Waals surface area contributed by atoms with E-state index in [1.54, 1.807) is 7.11 Å². The molecule has 3 atom stereocenters. The number of halogens is 1. The van der Waals surface area contributed by atoms with Crippen molar-refractivity contribution in [3.63, 3.8) is 0 Å². The zero-order valence-corrected chi connectivity index (χ0v) is 15.9. The summed E-state index contributed by atoms with van der Waals surface area (Å²) in [7, 11) is 1.72. The number of pyridine rings is 1. The molecule has 2 aliphatic heterocycles. The summed E-state index contributed by atoms with van der Waals surface area (Å²) in [5.41, 5.74) is 2.15. The number of hydrogen-bond acceptors (Lipinski definition) is 5. The second-order valence-corrected chi connectivity index (χ2v) is 8.34. The third-order valence-corrected chi connectivity index (χ3v) is 5.99. The van der Waals surface area contributed by atoms with Crippen molar-refractivity contribution in [3.05, 3.63) is 58.3 Å². The minimum atomic E-state index is -0.00981. The Kier molecular flexibility index (Phi) is 4.26. The molecular weight excluding hydrogens is 386 g/mol. The summed E-state index contributed by atoms with van der Waals surface area (Å²) in [6.07, 6.45) is 1.84. The van der Waals surface area contributed by atoms with Crippen LogP contribution < -0.4 is 4.74 Å². The molecule has 4 nitrogen and oxygen atoms in total. The van der Waals surface area contributed by atoms with Crippen molar-refractivity contribution >= 4 is 32.9 Å². The highest BCUT2D eigenvalue weighted by Crippen LogP contribution is 2.49. The molecule has 0 N–H and O–H groups in total. The van der Waals surface area contributed by atoms with Crippen LogP contribution in [0, 0.1) is 0 Å². The zero-order chi connectivity index (χ0) is 16.7. The van der Waals surface area contributed by atoms with E-state index in [0.29, 0.717) is 5.25 Å². The van der Waals surface area contributed by atoms with E-state index in [0.717, 1.165) is 33.2 Å². The van der Waals surface area contributed by atoms with E-state index in [1.165, 1.54) is 0 Å². The number of methoxy groups -OCH3 is 1. The quantitative estimate of drug-likeness (QED) is 0.758. The number of nitrogens with zero attached hydrogens (tertiary/aromatic N) is 3. The first-order chi connectivity index (χ1) is 11.7. The summed E-state index contributed by atoms with van der Waals surface area (Å²) in [5.74, 6) is 0.894. The predicted octanol–water partition coefficient (Wildman–Crippen LogP) is 4.44. The smallest absolute Gasteiger partial charge is 0.160 e. The largest absolute Gasteiger partial charge is 0.496 e. The van der Waals surface area contributed by atoms with Gasteiger partial charge in [0.1, 0.15) is 11.8 Å². The van der Waals surface area contributed by atoms with Gasteiger partial charge in [-0.1, -0.05) is 40.7 Å². The van der Waals surface area contributed by atoms with Crippen LogP contribution in [-0.2, 0) is 0 Å². The lowest BCUT2D eigenvalue weighted by atomic mass is 9.95. The molecule has 24 heavy (non-hydrogen) atoms. The molecule has 0 amide bonds. The monoisotopic (exact) mass is 403 g/mol. The molecule has 1 aromatic heterocycles. The minimum absolute atomic E-state index is 0.00981. The fraction of sp³-hybridized carbons (Fsp3) is 0.333. The highest BCUT2D eigenvalue weighted by molar-refractivity contribution is 9.10. The van der Waals surface area contributed by atoms with Crippen molar-refractivity contribution in [2.24, 2.45) is 4.99 Å².